The third kappa shape index (κ3) is 3.87. The second kappa shape index (κ2) is 8.19. The second-order valence-electron chi connectivity index (χ2n) is 6.35. The average Bonchev–Trinajstić information content (AvgIpc) is 3.24. The number of aromatic nitrogens is 4. The Labute approximate surface area is 167 Å². The summed E-state index contributed by atoms with van der Waals surface area (Å²) in [7, 11) is 0. The minimum absolute atomic E-state index is 0.200. The first-order chi connectivity index (χ1) is 13.7. The SMILES string of the molecule is O=C(NCCCn1ccnc1)c1ccc2cncc(-c3ccccc3Cl)c2n1. The van der Waals surface area contributed by atoms with Crippen LogP contribution in [-0.2, 0) is 6.54 Å². The van der Waals surface area contributed by atoms with Crippen molar-refractivity contribution in [2.24, 2.45) is 0 Å². The number of pyridine rings is 2. The molecule has 0 unspecified atom stereocenters. The van der Waals surface area contributed by atoms with Gasteiger partial charge >= 0.3 is 0 Å². The normalized spacial score (nSPS) is 10.9. The van der Waals surface area contributed by atoms with Crippen molar-refractivity contribution in [3.63, 3.8) is 0 Å². The molecule has 0 spiro atoms. The fourth-order valence-corrected chi connectivity index (χ4v) is 3.26. The van der Waals surface area contributed by atoms with Crippen molar-refractivity contribution >= 4 is 28.4 Å². The molecule has 28 heavy (non-hydrogen) atoms. The van der Waals surface area contributed by atoms with Gasteiger partial charge in [0.1, 0.15) is 5.69 Å². The van der Waals surface area contributed by atoms with Gasteiger partial charge in [-0.25, -0.2) is 9.97 Å². The van der Waals surface area contributed by atoms with Crippen LogP contribution in [0.15, 0.2) is 67.5 Å². The molecule has 0 aliphatic heterocycles. The highest BCUT2D eigenvalue weighted by molar-refractivity contribution is 6.33. The van der Waals surface area contributed by atoms with Crippen LogP contribution >= 0.6 is 11.6 Å². The maximum atomic E-state index is 12.5. The third-order valence-corrected chi connectivity index (χ3v) is 4.76. The zero-order valence-corrected chi connectivity index (χ0v) is 15.8. The van der Waals surface area contributed by atoms with E-state index in [9.17, 15) is 4.79 Å². The number of halogens is 1. The molecule has 4 rings (SSSR count). The van der Waals surface area contributed by atoms with E-state index in [1.54, 1.807) is 31.0 Å². The molecule has 3 heterocycles. The zero-order chi connectivity index (χ0) is 19.3. The lowest BCUT2D eigenvalue weighted by molar-refractivity contribution is 0.0948. The molecule has 1 N–H and O–H groups in total. The molecule has 140 valence electrons. The van der Waals surface area contributed by atoms with E-state index in [1.165, 1.54) is 0 Å². The van der Waals surface area contributed by atoms with Crippen LogP contribution in [0, 0.1) is 0 Å². The number of rotatable bonds is 6. The first-order valence-corrected chi connectivity index (χ1v) is 9.34. The largest absolute Gasteiger partial charge is 0.351 e. The molecule has 0 bridgehead atoms. The molecule has 0 saturated heterocycles. The van der Waals surface area contributed by atoms with E-state index in [2.05, 4.69) is 20.3 Å². The van der Waals surface area contributed by atoms with Crippen molar-refractivity contribution in [2.75, 3.05) is 6.54 Å². The lowest BCUT2D eigenvalue weighted by Crippen LogP contribution is -2.26. The van der Waals surface area contributed by atoms with Crippen molar-refractivity contribution < 1.29 is 4.79 Å². The van der Waals surface area contributed by atoms with Crippen molar-refractivity contribution in [3.8, 4) is 11.1 Å². The van der Waals surface area contributed by atoms with Crippen LogP contribution in [0.1, 0.15) is 16.9 Å². The fraction of sp³-hybridized carbons (Fsp3) is 0.143. The van der Waals surface area contributed by atoms with Gasteiger partial charge in [-0.3, -0.25) is 9.78 Å². The maximum absolute atomic E-state index is 12.5. The Morgan fingerprint density at radius 3 is 2.79 bits per heavy atom. The number of hydrogen-bond acceptors (Lipinski definition) is 4. The number of carbonyl (C=O) groups is 1. The Hall–Kier alpha value is -3.25. The van der Waals surface area contributed by atoms with Crippen molar-refractivity contribution in [3.05, 3.63) is 78.2 Å². The van der Waals surface area contributed by atoms with E-state index in [4.69, 9.17) is 11.6 Å². The number of nitrogens with zero attached hydrogens (tertiary/aromatic N) is 4. The van der Waals surface area contributed by atoms with Gasteiger partial charge in [0.15, 0.2) is 0 Å². The lowest BCUT2D eigenvalue weighted by Gasteiger charge is -2.09. The van der Waals surface area contributed by atoms with E-state index in [0.29, 0.717) is 22.8 Å². The molecular formula is C21H18ClN5O. The van der Waals surface area contributed by atoms with Gasteiger partial charge < -0.3 is 9.88 Å². The number of hydrogen-bond donors (Lipinski definition) is 1. The topological polar surface area (TPSA) is 72.7 Å². The maximum Gasteiger partial charge on any atom is 0.269 e. The van der Waals surface area contributed by atoms with E-state index < -0.39 is 0 Å². The Kier molecular flexibility index (Phi) is 5.30. The monoisotopic (exact) mass is 391 g/mol. The number of carbonyl (C=O) groups excluding carboxylic acids is 1. The highest BCUT2D eigenvalue weighted by atomic mass is 35.5. The second-order valence-corrected chi connectivity index (χ2v) is 6.75. The quantitative estimate of drug-likeness (QED) is 0.505. The Morgan fingerprint density at radius 1 is 1.07 bits per heavy atom. The molecule has 0 aliphatic carbocycles. The molecule has 3 aromatic heterocycles. The van der Waals surface area contributed by atoms with Gasteiger partial charge in [0.2, 0.25) is 0 Å². The van der Waals surface area contributed by atoms with Crippen LogP contribution in [0.5, 0.6) is 0 Å². The minimum atomic E-state index is -0.200. The summed E-state index contributed by atoms with van der Waals surface area (Å²) >= 11 is 6.35. The first-order valence-electron chi connectivity index (χ1n) is 8.96. The van der Waals surface area contributed by atoms with Gasteiger partial charge in [-0.05, 0) is 24.6 Å². The van der Waals surface area contributed by atoms with E-state index in [1.807, 2.05) is 41.1 Å². The number of aryl methyl sites for hydroxylation is 1. The summed E-state index contributed by atoms with van der Waals surface area (Å²) < 4.78 is 1.98. The van der Waals surface area contributed by atoms with Crippen LogP contribution in [-0.4, -0.2) is 32.0 Å². The van der Waals surface area contributed by atoms with Gasteiger partial charge in [-0.1, -0.05) is 29.8 Å². The molecular weight excluding hydrogens is 374 g/mol. The first kappa shape index (κ1) is 18.1. The minimum Gasteiger partial charge on any atom is -0.351 e. The predicted molar refractivity (Wildman–Crippen MR) is 109 cm³/mol. The van der Waals surface area contributed by atoms with Crippen LogP contribution in [0.2, 0.25) is 5.02 Å². The van der Waals surface area contributed by atoms with E-state index in [0.717, 1.165) is 29.5 Å². The lowest BCUT2D eigenvalue weighted by atomic mass is 10.0. The Morgan fingerprint density at radius 2 is 1.96 bits per heavy atom. The molecule has 0 fully saturated rings. The van der Waals surface area contributed by atoms with Gasteiger partial charge in [-0.2, -0.15) is 0 Å². The highest BCUT2D eigenvalue weighted by Crippen LogP contribution is 2.31. The molecule has 0 saturated carbocycles. The van der Waals surface area contributed by atoms with Gasteiger partial charge in [0, 0.05) is 59.4 Å². The number of fused-ring (bicyclic) bond motifs is 1. The fourth-order valence-electron chi connectivity index (χ4n) is 3.02. The average molecular weight is 392 g/mol. The summed E-state index contributed by atoms with van der Waals surface area (Å²) in [6, 6.07) is 11.1. The summed E-state index contributed by atoms with van der Waals surface area (Å²) in [4.78, 5) is 25.4. The summed E-state index contributed by atoms with van der Waals surface area (Å²) in [6.45, 7) is 1.36. The van der Waals surface area contributed by atoms with Crippen molar-refractivity contribution in [2.45, 2.75) is 13.0 Å². The molecule has 0 atom stereocenters. The number of benzene rings is 1. The van der Waals surface area contributed by atoms with Crippen molar-refractivity contribution in [1.82, 2.24) is 24.8 Å². The van der Waals surface area contributed by atoms with Gasteiger partial charge in [0.25, 0.3) is 5.91 Å². The van der Waals surface area contributed by atoms with E-state index in [-0.39, 0.29) is 5.91 Å². The van der Waals surface area contributed by atoms with Gasteiger partial charge in [-0.15, -0.1) is 0 Å². The summed E-state index contributed by atoms with van der Waals surface area (Å²) in [5.74, 6) is -0.200. The van der Waals surface area contributed by atoms with Crippen LogP contribution in [0.4, 0.5) is 0 Å². The van der Waals surface area contributed by atoms with Crippen LogP contribution in [0.3, 0.4) is 0 Å². The molecule has 1 amide bonds. The Bertz CT molecular complexity index is 1110. The molecule has 0 radical (unpaired) electrons. The zero-order valence-electron chi connectivity index (χ0n) is 15.0. The third-order valence-electron chi connectivity index (χ3n) is 4.43. The number of imidazole rings is 1. The Balaban J connectivity index is 1.54. The molecule has 1 aromatic carbocycles. The molecule has 7 heteroatoms. The van der Waals surface area contributed by atoms with Crippen LogP contribution in [0.25, 0.3) is 22.0 Å². The van der Waals surface area contributed by atoms with Gasteiger partial charge in [0.05, 0.1) is 11.8 Å². The van der Waals surface area contributed by atoms with Crippen molar-refractivity contribution in [1.29, 1.82) is 0 Å². The summed E-state index contributed by atoms with van der Waals surface area (Å²) in [5, 5.41) is 4.39. The number of amides is 1. The summed E-state index contributed by atoms with van der Waals surface area (Å²) in [6.07, 6.45) is 9.67. The molecule has 4 aromatic rings. The molecule has 6 nitrogen and oxygen atoms in total. The molecule has 0 aliphatic rings. The summed E-state index contributed by atoms with van der Waals surface area (Å²) in [5.41, 5.74) is 2.72. The standard InChI is InChI=1S/C21H18ClN5O/c22-18-5-2-1-4-16(18)17-13-24-12-15-6-7-19(26-20(15)17)21(28)25-8-3-10-27-11-9-23-14-27/h1-2,4-7,9,11-14H,3,8,10H2,(H,25,28). The number of nitrogens with one attached hydrogen (secondary N) is 1. The highest BCUT2D eigenvalue weighted by Gasteiger charge is 2.13. The predicted octanol–water partition coefficient (Wildman–Crippen LogP) is 3.97. The van der Waals surface area contributed by atoms with Crippen LogP contribution < -0.4 is 5.32 Å². The van der Waals surface area contributed by atoms with E-state index >= 15 is 0 Å². The smallest absolute Gasteiger partial charge is 0.269 e.